The second-order valence-corrected chi connectivity index (χ2v) is 4.59. The van der Waals surface area contributed by atoms with Gasteiger partial charge in [0.1, 0.15) is 0 Å². The smallest absolute Gasteiger partial charge is 0.244 e. The van der Waals surface area contributed by atoms with Gasteiger partial charge in [0.15, 0.2) is 10.4 Å². The monoisotopic (exact) mass is 281 g/mol. The van der Waals surface area contributed by atoms with E-state index in [1.807, 2.05) is 20.8 Å². The number of aryl methyl sites for hydroxylation is 1. The Kier molecular flexibility index (Phi) is 2.76. The van der Waals surface area contributed by atoms with E-state index in [1.165, 1.54) is 0 Å². The lowest BCUT2D eigenvalue weighted by atomic mass is 10.1. The molecule has 0 amide bonds. The number of halogens is 1. The minimum Gasteiger partial charge on any atom is -0.446 e. The zero-order valence-electron chi connectivity index (χ0n) is 9.35. The number of furan rings is 1. The summed E-state index contributed by atoms with van der Waals surface area (Å²) in [7, 11) is 0. The second kappa shape index (κ2) is 3.94. The molecule has 4 heteroatoms. The SMILES string of the molecule is Cc1[nH]c(C(=O)c2ccc(Br)o2)c(C)c1C. The first-order chi connectivity index (χ1) is 7.50. The predicted octanol–water partition coefficient (Wildman–Crippen LogP) is 3.53. The van der Waals surface area contributed by atoms with Crippen LogP contribution in [0.5, 0.6) is 0 Å². The van der Waals surface area contributed by atoms with Crippen molar-refractivity contribution in [1.82, 2.24) is 4.98 Å². The molecule has 0 radical (unpaired) electrons. The Balaban J connectivity index is 2.45. The maximum absolute atomic E-state index is 12.1. The predicted molar refractivity (Wildman–Crippen MR) is 64.8 cm³/mol. The van der Waals surface area contributed by atoms with E-state index in [0.29, 0.717) is 16.1 Å². The average molecular weight is 282 g/mol. The van der Waals surface area contributed by atoms with Gasteiger partial charge in [-0.2, -0.15) is 0 Å². The van der Waals surface area contributed by atoms with E-state index < -0.39 is 0 Å². The molecular weight excluding hydrogens is 270 g/mol. The van der Waals surface area contributed by atoms with Crippen molar-refractivity contribution < 1.29 is 9.21 Å². The fourth-order valence-electron chi connectivity index (χ4n) is 1.63. The highest BCUT2D eigenvalue weighted by atomic mass is 79.9. The van der Waals surface area contributed by atoms with Crippen LogP contribution < -0.4 is 0 Å². The fraction of sp³-hybridized carbons (Fsp3) is 0.250. The van der Waals surface area contributed by atoms with Crippen LogP contribution in [0.15, 0.2) is 21.2 Å². The molecule has 2 aromatic rings. The molecule has 1 N–H and O–H groups in total. The van der Waals surface area contributed by atoms with Gasteiger partial charge in [-0.05, 0) is 60.0 Å². The molecule has 0 fully saturated rings. The van der Waals surface area contributed by atoms with Crippen molar-refractivity contribution in [1.29, 1.82) is 0 Å². The Morgan fingerprint density at radius 2 is 1.94 bits per heavy atom. The lowest BCUT2D eigenvalue weighted by molar-refractivity contribution is 0.100. The van der Waals surface area contributed by atoms with E-state index in [4.69, 9.17) is 4.42 Å². The summed E-state index contributed by atoms with van der Waals surface area (Å²) in [6.07, 6.45) is 0. The highest BCUT2D eigenvalue weighted by Crippen LogP contribution is 2.22. The lowest BCUT2D eigenvalue weighted by Crippen LogP contribution is -2.02. The molecule has 2 heterocycles. The number of rotatable bonds is 2. The van der Waals surface area contributed by atoms with Crippen molar-refractivity contribution in [3.05, 3.63) is 45.1 Å². The minimum atomic E-state index is -0.112. The Hall–Kier alpha value is -1.29. The van der Waals surface area contributed by atoms with Crippen molar-refractivity contribution >= 4 is 21.7 Å². The summed E-state index contributed by atoms with van der Waals surface area (Å²) < 4.78 is 5.81. The number of nitrogens with one attached hydrogen (secondary N) is 1. The highest BCUT2D eigenvalue weighted by Gasteiger charge is 2.19. The van der Waals surface area contributed by atoms with Crippen molar-refractivity contribution in [3.8, 4) is 0 Å². The number of carbonyl (C=O) groups is 1. The molecule has 0 unspecified atom stereocenters. The van der Waals surface area contributed by atoms with Crippen LogP contribution >= 0.6 is 15.9 Å². The molecule has 0 saturated heterocycles. The molecule has 0 bridgehead atoms. The Labute approximate surface area is 102 Å². The van der Waals surface area contributed by atoms with Gasteiger partial charge in [0.05, 0.1) is 5.69 Å². The zero-order valence-corrected chi connectivity index (χ0v) is 10.9. The molecule has 3 nitrogen and oxygen atoms in total. The van der Waals surface area contributed by atoms with Crippen LogP contribution in [0.25, 0.3) is 0 Å². The van der Waals surface area contributed by atoms with Gasteiger partial charge in [-0.3, -0.25) is 4.79 Å². The van der Waals surface area contributed by atoms with Gasteiger partial charge >= 0.3 is 0 Å². The Morgan fingerprint density at radius 3 is 2.38 bits per heavy atom. The van der Waals surface area contributed by atoms with Gasteiger partial charge in [0.2, 0.25) is 5.78 Å². The first kappa shape index (κ1) is 11.2. The number of carbonyl (C=O) groups excluding carboxylic acids is 1. The molecule has 0 saturated carbocycles. The fourth-order valence-corrected chi connectivity index (χ4v) is 1.94. The molecule has 0 spiro atoms. The van der Waals surface area contributed by atoms with E-state index in [9.17, 15) is 4.79 Å². The first-order valence-corrected chi connectivity index (χ1v) is 5.76. The third kappa shape index (κ3) is 1.73. The van der Waals surface area contributed by atoms with Crippen LogP contribution in [0.2, 0.25) is 0 Å². The quantitative estimate of drug-likeness (QED) is 0.856. The number of aromatic nitrogens is 1. The summed E-state index contributed by atoms with van der Waals surface area (Å²) in [5, 5.41) is 0. The third-order valence-electron chi connectivity index (χ3n) is 2.84. The number of ketones is 1. The molecule has 16 heavy (non-hydrogen) atoms. The van der Waals surface area contributed by atoms with Crippen LogP contribution in [0, 0.1) is 20.8 Å². The summed E-state index contributed by atoms with van der Waals surface area (Å²) in [5.41, 5.74) is 3.73. The number of hydrogen-bond donors (Lipinski definition) is 1. The average Bonchev–Trinajstić information content (AvgIpc) is 2.78. The number of H-pyrrole nitrogens is 1. The molecule has 0 atom stereocenters. The van der Waals surface area contributed by atoms with Gasteiger partial charge < -0.3 is 9.40 Å². The van der Waals surface area contributed by atoms with Crippen LogP contribution in [0.1, 0.15) is 33.1 Å². The zero-order chi connectivity index (χ0) is 11.9. The van der Waals surface area contributed by atoms with Gasteiger partial charge in [0, 0.05) is 5.69 Å². The van der Waals surface area contributed by atoms with E-state index in [1.54, 1.807) is 12.1 Å². The highest BCUT2D eigenvalue weighted by molar-refractivity contribution is 9.10. The summed E-state index contributed by atoms with van der Waals surface area (Å²) in [6.45, 7) is 5.89. The second-order valence-electron chi connectivity index (χ2n) is 3.81. The van der Waals surface area contributed by atoms with Crippen LogP contribution in [0.3, 0.4) is 0 Å². The lowest BCUT2D eigenvalue weighted by Gasteiger charge is -1.96. The molecule has 2 rings (SSSR count). The Bertz CT molecular complexity index is 551. The minimum absolute atomic E-state index is 0.112. The van der Waals surface area contributed by atoms with E-state index >= 15 is 0 Å². The summed E-state index contributed by atoms with van der Waals surface area (Å²) in [5.74, 6) is 0.232. The van der Waals surface area contributed by atoms with E-state index in [0.717, 1.165) is 16.8 Å². The summed E-state index contributed by atoms with van der Waals surface area (Å²) >= 11 is 3.18. The van der Waals surface area contributed by atoms with Gasteiger partial charge in [0.25, 0.3) is 0 Å². The van der Waals surface area contributed by atoms with Crippen molar-refractivity contribution in [2.24, 2.45) is 0 Å². The first-order valence-electron chi connectivity index (χ1n) is 4.96. The van der Waals surface area contributed by atoms with Crippen molar-refractivity contribution in [2.45, 2.75) is 20.8 Å². The molecular formula is C12H12BrNO2. The van der Waals surface area contributed by atoms with Crippen LogP contribution in [-0.2, 0) is 0 Å². The molecule has 2 aromatic heterocycles. The van der Waals surface area contributed by atoms with E-state index in [-0.39, 0.29) is 5.78 Å². The molecule has 0 aromatic carbocycles. The number of hydrogen-bond acceptors (Lipinski definition) is 2. The molecule has 0 aliphatic heterocycles. The molecule has 84 valence electrons. The van der Waals surface area contributed by atoms with Gasteiger partial charge in [-0.1, -0.05) is 0 Å². The van der Waals surface area contributed by atoms with Gasteiger partial charge in [-0.15, -0.1) is 0 Å². The topological polar surface area (TPSA) is 46.0 Å². The van der Waals surface area contributed by atoms with Crippen LogP contribution in [-0.4, -0.2) is 10.8 Å². The van der Waals surface area contributed by atoms with Crippen molar-refractivity contribution in [3.63, 3.8) is 0 Å². The standard InChI is InChI=1S/C12H12BrNO2/c1-6-7(2)11(14-8(6)3)12(15)9-4-5-10(13)16-9/h4-5,14H,1-3H3. The maximum Gasteiger partial charge on any atom is 0.244 e. The summed E-state index contributed by atoms with van der Waals surface area (Å²) in [6, 6.07) is 3.38. The van der Waals surface area contributed by atoms with E-state index in [2.05, 4.69) is 20.9 Å². The van der Waals surface area contributed by atoms with Crippen LogP contribution in [0.4, 0.5) is 0 Å². The molecule has 0 aliphatic carbocycles. The third-order valence-corrected chi connectivity index (χ3v) is 3.26. The maximum atomic E-state index is 12.1. The largest absolute Gasteiger partial charge is 0.446 e. The number of aromatic amines is 1. The van der Waals surface area contributed by atoms with Gasteiger partial charge in [-0.25, -0.2) is 0 Å². The Morgan fingerprint density at radius 1 is 1.25 bits per heavy atom. The van der Waals surface area contributed by atoms with Crippen molar-refractivity contribution in [2.75, 3.05) is 0 Å². The summed E-state index contributed by atoms with van der Waals surface area (Å²) in [4.78, 5) is 15.2. The normalized spacial score (nSPS) is 10.8. The molecule has 0 aliphatic rings.